The minimum atomic E-state index is -0.238. The predicted octanol–water partition coefficient (Wildman–Crippen LogP) is 3.46. The number of anilines is 1. The Morgan fingerprint density at radius 1 is 1.17 bits per heavy atom. The number of carbonyl (C=O) groups excluding carboxylic acids is 1. The van der Waals surface area contributed by atoms with Crippen LogP contribution in [-0.2, 0) is 4.79 Å². The zero-order valence-corrected chi connectivity index (χ0v) is 16.1. The summed E-state index contributed by atoms with van der Waals surface area (Å²) in [4.78, 5) is 30.0. The largest absolute Gasteiger partial charge is 0.325 e. The summed E-state index contributed by atoms with van der Waals surface area (Å²) in [6, 6.07) is 17.4. The first kappa shape index (κ1) is 17.7. The molecule has 1 amide bonds. The van der Waals surface area contributed by atoms with Crippen molar-refractivity contribution in [1.29, 1.82) is 0 Å². The number of benzene rings is 2. The quantitative estimate of drug-likeness (QED) is 0.509. The van der Waals surface area contributed by atoms with E-state index in [2.05, 4.69) is 20.5 Å². The van der Waals surface area contributed by atoms with Crippen LogP contribution in [0.25, 0.3) is 22.2 Å². The van der Waals surface area contributed by atoms with E-state index in [-0.39, 0.29) is 23.9 Å². The Morgan fingerprint density at radius 2 is 1.97 bits per heavy atom. The van der Waals surface area contributed by atoms with Crippen LogP contribution in [0, 0.1) is 0 Å². The molecule has 8 heteroatoms. The molecule has 144 valence electrons. The number of nitrogens with zero attached hydrogens (tertiary/aromatic N) is 3. The summed E-state index contributed by atoms with van der Waals surface area (Å²) in [6.45, 7) is 0. The molecule has 1 unspecified atom stereocenters. The van der Waals surface area contributed by atoms with Crippen molar-refractivity contribution in [3.63, 3.8) is 0 Å². The van der Waals surface area contributed by atoms with Crippen molar-refractivity contribution in [2.45, 2.75) is 17.6 Å². The number of amides is 1. The molecule has 0 saturated carbocycles. The lowest BCUT2D eigenvalue weighted by Gasteiger charge is -2.15. The number of nitrogens with one attached hydrogen (secondary N) is 2. The van der Waals surface area contributed by atoms with Crippen LogP contribution in [-0.4, -0.2) is 31.4 Å². The summed E-state index contributed by atoms with van der Waals surface area (Å²) in [5.74, 6) is 0.502. The Hall–Kier alpha value is -3.39. The lowest BCUT2D eigenvalue weighted by molar-refractivity contribution is -0.116. The average Bonchev–Trinajstić information content (AvgIpc) is 3.37. The topological polar surface area (TPSA) is 92.7 Å². The summed E-state index contributed by atoms with van der Waals surface area (Å²) in [5, 5.41) is 10.7. The molecule has 0 bridgehead atoms. The van der Waals surface area contributed by atoms with Gasteiger partial charge in [0.1, 0.15) is 5.39 Å². The van der Waals surface area contributed by atoms with Crippen LogP contribution in [0.15, 0.2) is 70.7 Å². The van der Waals surface area contributed by atoms with Gasteiger partial charge < -0.3 is 5.32 Å². The van der Waals surface area contributed by atoms with Crippen LogP contribution >= 0.6 is 11.8 Å². The highest BCUT2D eigenvalue weighted by Crippen LogP contribution is 2.33. The number of fused-ring (bicyclic) bond motifs is 2. The van der Waals surface area contributed by atoms with E-state index in [4.69, 9.17) is 0 Å². The Labute approximate surface area is 170 Å². The summed E-state index contributed by atoms with van der Waals surface area (Å²) < 4.78 is 1.62. The van der Waals surface area contributed by atoms with Crippen molar-refractivity contribution in [3.8, 4) is 11.1 Å². The van der Waals surface area contributed by atoms with Gasteiger partial charge in [0.2, 0.25) is 5.91 Å². The zero-order valence-electron chi connectivity index (χ0n) is 15.3. The maximum atomic E-state index is 12.8. The molecule has 1 aliphatic heterocycles. The van der Waals surface area contributed by atoms with Crippen LogP contribution in [0.2, 0.25) is 0 Å². The number of aromatic nitrogens is 4. The van der Waals surface area contributed by atoms with Gasteiger partial charge in [0.05, 0.1) is 12.2 Å². The summed E-state index contributed by atoms with van der Waals surface area (Å²) >= 11 is 1.48. The van der Waals surface area contributed by atoms with Crippen LogP contribution in [0.4, 0.5) is 5.69 Å². The normalized spacial score (nSPS) is 15.4. The molecule has 1 atom stereocenters. The van der Waals surface area contributed by atoms with Crippen LogP contribution in [0.5, 0.6) is 0 Å². The standard InChI is InChI=1S/C21H17N5O2S/c27-18(23-17-9-5-4-8-15(17)13-6-2-1-3-7-13)10-14-12-29-21-24-19-16(11-22-25-19)20(28)26(14)21/h1-9,11,14H,10,12H2,(H,22,25)(H,23,27). The third-order valence-corrected chi connectivity index (χ3v) is 6.06. The molecule has 0 radical (unpaired) electrons. The van der Waals surface area contributed by atoms with Crippen molar-refractivity contribution in [1.82, 2.24) is 19.7 Å². The van der Waals surface area contributed by atoms with Gasteiger partial charge in [-0.1, -0.05) is 60.3 Å². The van der Waals surface area contributed by atoms with Crippen molar-refractivity contribution in [3.05, 3.63) is 71.1 Å². The van der Waals surface area contributed by atoms with Gasteiger partial charge in [0, 0.05) is 23.4 Å². The summed E-state index contributed by atoms with van der Waals surface area (Å²) in [5.41, 5.74) is 3.07. The van der Waals surface area contributed by atoms with Crippen LogP contribution in [0.1, 0.15) is 12.5 Å². The van der Waals surface area contributed by atoms with Crippen molar-refractivity contribution in [2.75, 3.05) is 11.1 Å². The van der Waals surface area contributed by atoms with Crippen LogP contribution < -0.4 is 10.9 Å². The Bertz CT molecular complexity index is 1270. The number of hydrogen-bond donors (Lipinski definition) is 2. The second-order valence-corrected chi connectivity index (χ2v) is 7.82. The molecule has 0 saturated heterocycles. The second-order valence-electron chi connectivity index (χ2n) is 6.83. The third kappa shape index (κ3) is 3.21. The van der Waals surface area contributed by atoms with E-state index in [1.54, 1.807) is 4.57 Å². The van der Waals surface area contributed by atoms with E-state index in [0.29, 0.717) is 21.9 Å². The molecular formula is C21H17N5O2S. The molecule has 0 aliphatic carbocycles. The minimum absolute atomic E-state index is 0.133. The lowest BCUT2D eigenvalue weighted by atomic mass is 10.0. The number of para-hydroxylation sites is 1. The molecule has 0 fully saturated rings. The first-order valence-electron chi connectivity index (χ1n) is 9.23. The van der Waals surface area contributed by atoms with Gasteiger partial charge in [-0.25, -0.2) is 4.98 Å². The highest BCUT2D eigenvalue weighted by atomic mass is 32.2. The molecule has 2 aromatic carbocycles. The molecule has 2 aromatic heterocycles. The van der Waals surface area contributed by atoms with E-state index in [9.17, 15) is 9.59 Å². The first-order chi connectivity index (χ1) is 14.2. The number of rotatable bonds is 4. The smallest absolute Gasteiger partial charge is 0.265 e. The maximum Gasteiger partial charge on any atom is 0.265 e. The highest BCUT2D eigenvalue weighted by Gasteiger charge is 2.29. The van der Waals surface area contributed by atoms with Crippen LogP contribution in [0.3, 0.4) is 0 Å². The molecule has 1 aliphatic rings. The Balaban J connectivity index is 1.40. The monoisotopic (exact) mass is 403 g/mol. The zero-order chi connectivity index (χ0) is 19.8. The number of aromatic amines is 1. The van der Waals surface area contributed by atoms with Crippen molar-refractivity contribution in [2.24, 2.45) is 0 Å². The van der Waals surface area contributed by atoms with Gasteiger partial charge in [-0.3, -0.25) is 19.3 Å². The van der Waals surface area contributed by atoms with Gasteiger partial charge in [0.15, 0.2) is 10.8 Å². The third-order valence-electron chi connectivity index (χ3n) is 4.96. The second kappa shape index (κ2) is 7.21. The maximum absolute atomic E-state index is 12.8. The van der Waals surface area contributed by atoms with Gasteiger partial charge in [0.25, 0.3) is 5.56 Å². The van der Waals surface area contributed by atoms with E-state index < -0.39 is 0 Å². The molecule has 5 rings (SSSR count). The number of hydrogen-bond acceptors (Lipinski definition) is 5. The van der Waals surface area contributed by atoms with E-state index in [1.165, 1.54) is 18.0 Å². The van der Waals surface area contributed by atoms with Gasteiger partial charge in [-0.15, -0.1) is 0 Å². The molecule has 4 aromatic rings. The number of H-pyrrole nitrogens is 1. The van der Waals surface area contributed by atoms with E-state index in [1.807, 2.05) is 54.6 Å². The number of carbonyl (C=O) groups is 1. The van der Waals surface area contributed by atoms with Gasteiger partial charge in [-0.05, 0) is 11.6 Å². The Kier molecular flexibility index (Phi) is 4.40. The van der Waals surface area contributed by atoms with E-state index in [0.717, 1.165) is 16.8 Å². The average molecular weight is 403 g/mol. The fourth-order valence-corrected chi connectivity index (χ4v) is 4.72. The molecule has 2 N–H and O–H groups in total. The van der Waals surface area contributed by atoms with Crippen molar-refractivity contribution < 1.29 is 4.79 Å². The highest BCUT2D eigenvalue weighted by molar-refractivity contribution is 7.99. The minimum Gasteiger partial charge on any atom is -0.325 e. The Morgan fingerprint density at radius 3 is 2.83 bits per heavy atom. The molecule has 7 nitrogen and oxygen atoms in total. The first-order valence-corrected chi connectivity index (χ1v) is 10.2. The molecule has 29 heavy (non-hydrogen) atoms. The molecule has 3 heterocycles. The van der Waals surface area contributed by atoms with E-state index >= 15 is 0 Å². The molecular weight excluding hydrogens is 386 g/mol. The predicted molar refractivity (Wildman–Crippen MR) is 113 cm³/mol. The van der Waals surface area contributed by atoms with Crippen molar-refractivity contribution >= 4 is 34.4 Å². The molecule has 0 spiro atoms. The fraction of sp³-hybridized carbons (Fsp3) is 0.143. The lowest BCUT2D eigenvalue weighted by Crippen LogP contribution is -2.27. The van der Waals surface area contributed by atoms with Gasteiger partial charge in [-0.2, -0.15) is 5.10 Å². The SMILES string of the molecule is O=C(CC1CSc2nc3[nH]ncc3c(=O)n21)Nc1ccccc1-c1ccccc1. The fourth-order valence-electron chi connectivity index (χ4n) is 3.58. The number of thioether (sulfide) groups is 1. The summed E-state index contributed by atoms with van der Waals surface area (Å²) in [6.07, 6.45) is 1.68. The van der Waals surface area contributed by atoms with Gasteiger partial charge >= 0.3 is 0 Å². The summed E-state index contributed by atoms with van der Waals surface area (Å²) in [7, 11) is 0.